The van der Waals surface area contributed by atoms with Gasteiger partial charge in [-0.05, 0) is 56.6 Å². The second kappa shape index (κ2) is 8.71. The Morgan fingerprint density at radius 2 is 1.76 bits per heavy atom. The van der Waals surface area contributed by atoms with Crippen molar-refractivity contribution in [2.24, 2.45) is 5.92 Å². The number of hydrogen-bond donors (Lipinski definition) is 2. The Bertz CT molecular complexity index is 1000. The molecule has 154 valence electrons. The molecule has 1 saturated heterocycles. The maximum atomic E-state index is 12.6. The Kier molecular flexibility index (Phi) is 6.29. The molecule has 0 saturated carbocycles. The van der Waals surface area contributed by atoms with Gasteiger partial charge >= 0.3 is 0 Å². The summed E-state index contributed by atoms with van der Waals surface area (Å²) in [7, 11) is -2.26. The van der Waals surface area contributed by atoms with Crippen molar-refractivity contribution >= 4 is 27.5 Å². The van der Waals surface area contributed by atoms with Crippen LogP contribution in [0.25, 0.3) is 0 Å². The molecule has 0 unspecified atom stereocenters. The fraction of sp³-hybridized carbons (Fsp3) is 0.350. The molecule has 3 rings (SSSR count). The average Bonchev–Trinajstić information content (AvgIpc) is 2.75. The summed E-state index contributed by atoms with van der Waals surface area (Å²) in [5.41, 5.74) is 1.62. The molecule has 1 fully saturated rings. The van der Waals surface area contributed by atoms with Crippen molar-refractivity contribution < 1.29 is 18.0 Å². The van der Waals surface area contributed by atoms with Gasteiger partial charge in [0.05, 0.1) is 4.90 Å². The molecule has 29 heavy (non-hydrogen) atoms. The van der Waals surface area contributed by atoms with E-state index < -0.39 is 10.0 Å². The van der Waals surface area contributed by atoms with Crippen molar-refractivity contribution in [2.75, 3.05) is 25.5 Å². The molecule has 2 amide bonds. The topological polar surface area (TPSA) is 108 Å². The quantitative estimate of drug-likeness (QED) is 0.772. The third-order valence-electron chi connectivity index (χ3n) is 5.09. The van der Waals surface area contributed by atoms with Crippen molar-refractivity contribution in [3.05, 3.63) is 53.9 Å². The van der Waals surface area contributed by atoms with Crippen LogP contribution >= 0.6 is 0 Å². The van der Waals surface area contributed by atoms with Crippen molar-refractivity contribution in [3.63, 3.8) is 0 Å². The van der Waals surface area contributed by atoms with E-state index in [1.54, 1.807) is 48.5 Å². The molecule has 0 radical (unpaired) electrons. The molecule has 2 N–H and O–H groups in total. The number of aryl methyl sites for hydroxylation is 1. The highest BCUT2D eigenvalue weighted by Crippen LogP contribution is 2.23. The lowest BCUT2D eigenvalue weighted by Crippen LogP contribution is -2.41. The average molecular weight is 417 g/mol. The fourth-order valence-corrected chi connectivity index (χ4v) is 4.34. The van der Waals surface area contributed by atoms with Gasteiger partial charge in [0.15, 0.2) is 0 Å². The van der Waals surface area contributed by atoms with Crippen molar-refractivity contribution in [1.29, 1.82) is 0 Å². The van der Waals surface area contributed by atoms with Crippen LogP contribution in [-0.2, 0) is 14.8 Å². The lowest BCUT2D eigenvalue weighted by molar-refractivity contribution is -0.121. The van der Waals surface area contributed by atoms with Gasteiger partial charge in [0.1, 0.15) is 0 Å². The first-order chi connectivity index (χ1) is 13.8. The minimum atomic E-state index is -3.61. The molecule has 1 aromatic carbocycles. The number of likely N-dealkylation sites (tertiary alicyclic amines) is 1. The smallest absolute Gasteiger partial charge is 0.253 e. The van der Waals surface area contributed by atoms with Gasteiger partial charge in [0, 0.05) is 42.7 Å². The van der Waals surface area contributed by atoms with Gasteiger partial charge in [-0.25, -0.2) is 13.1 Å². The maximum Gasteiger partial charge on any atom is 0.253 e. The molecule has 8 nitrogen and oxygen atoms in total. The second-order valence-electron chi connectivity index (χ2n) is 6.98. The molecule has 2 heterocycles. The van der Waals surface area contributed by atoms with Gasteiger partial charge in [-0.1, -0.05) is 6.07 Å². The van der Waals surface area contributed by atoms with E-state index in [0.717, 1.165) is 0 Å². The first kappa shape index (κ1) is 20.9. The molecule has 1 aliphatic heterocycles. The zero-order valence-electron chi connectivity index (χ0n) is 16.4. The van der Waals surface area contributed by atoms with Crippen molar-refractivity contribution in [2.45, 2.75) is 24.7 Å². The van der Waals surface area contributed by atoms with Crippen LogP contribution in [0.4, 0.5) is 5.69 Å². The van der Waals surface area contributed by atoms with E-state index >= 15 is 0 Å². The first-order valence-corrected chi connectivity index (χ1v) is 10.8. The maximum absolute atomic E-state index is 12.6. The highest BCUT2D eigenvalue weighted by Gasteiger charge is 2.28. The number of rotatable bonds is 5. The van der Waals surface area contributed by atoms with E-state index in [-0.39, 0.29) is 22.6 Å². The largest absolute Gasteiger partial charge is 0.339 e. The molecular weight excluding hydrogens is 392 g/mol. The van der Waals surface area contributed by atoms with Gasteiger partial charge in [-0.2, -0.15) is 0 Å². The summed E-state index contributed by atoms with van der Waals surface area (Å²) in [5.74, 6) is -0.466. The first-order valence-electron chi connectivity index (χ1n) is 9.36. The van der Waals surface area contributed by atoms with Crippen LogP contribution in [0.15, 0.2) is 47.6 Å². The van der Waals surface area contributed by atoms with Gasteiger partial charge < -0.3 is 10.2 Å². The van der Waals surface area contributed by atoms with Gasteiger partial charge in [0.2, 0.25) is 15.9 Å². The summed E-state index contributed by atoms with van der Waals surface area (Å²) in [4.78, 5) is 30.9. The number of sulfonamides is 1. The molecule has 0 atom stereocenters. The zero-order chi connectivity index (χ0) is 21.0. The lowest BCUT2D eigenvalue weighted by atomic mass is 9.95. The number of carbonyl (C=O) groups is 2. The Morgan fingerprint density at radius 3 is 2.38 bits per heavy atom. The van der Waals surface area contributed by atoms with Crippen molar-refractivity contribution in [1.82, 2.24) is 14.6 Å². The standard InChI is InChI=1S/C20H24N4O4S/c1-14-3-4-17(13-18(14)29(27,28)21-2)23-19(25)15-7-11-24(12-8-15)20(26)16-5-9-22-10-6-16/h3-6,9-10,13,15,21H,7-8,11-12H2,1-2H3,(H,23,25). The summed E-state index contributed by atoms with van der Waals surface area (Å²) >= 11 is 0. The van der Waals surface area contributed by atoms with Crippen LogP contribution in [0.2, 0.25) is 0 Å². The summed E-state index contributed by atoms with van der Waals surface area (Å²) in [6.45, 7) is 2.68. The van der Waals surface area contributed by atoms with Crippen molar-refractivity contribution in [3.8, 4) is 0 Å². The van der Waals surface area contributed by atoms with E-state index in [2.05, 4.69) is 15.0 Å². The summed E-state index contributed by atoms with van der Waals surface area (Å²) in [6, 6.07) is 8.16. The second-order valence-corrected chi connectivity index (χ2v) is 8.83. The zero-order valence-corrected chi connectivity index (χ0v) is 17.2. The van der Waals surface area contributed by atoms with Crippen LogP contribution in [0, 0.1) is 12.8 Å². The van der Waals surface area contributed by atoms with E-state index in [9.17, 15) is 18.0 Å². The number of aromatic nitrogens is 1. The number of anilines is 1. The number of pyridine rings is 1. The number of carbonyl (C=O) groups excluding carboxylic acids is 2. The number of piperidine rings is 1. The van der Waals surface area contributed by atoms with Crippen LogP contribution in [0.5, 0.6) is 0 Å². The molecular formula is C20H24N4O4S. The molecule has 1 aromatic heterocycles. The van der Waals surface area contributed by atoms with Crippen LogP contribution in [-0.4, -0.2) is 50.3 Å². The van der Waals surface area contributed by atoms with E-state index in [1.807, 2.05) is 0 Å². The molecule has 9 heteroatoms. The monoisotopic (exact) mass is 416 g/mol. The van der Waals surface area contributed by atoms with E-state index in [4.69, 9.17) is 0 Å². The van der Waals surface area contributed by atoms with E-state index in [0.29, 0.717) is 42.7 Å². The minimum Gasteiger partial charge on any atom is -0.339 e. The minimum absolute atomic E-state index is 0.0632. The summed E-state index contributed by atoms with van der Waals surface area (Å²) < 4.78 is 26.5. The van der Waals surface area contributed by atoms with Crippen LogP contribution in [0.3, 0.4) is 0 Å². The third kappa shape index (κ3) is 4.80. The molecule has 1 aliphatic rings. The van der Waals surface area contributed by atoms with Gasteiger partial charge in [-0.3, -0.25) is 14.6 Å². The number of hydrogen-bond acceptors (Lipinski definition) is 5. The van der Waals surface area contributed by atoms with Crippen LogP contribution < -0.4 is 10.0 Å². The SMILES string of the molecule is CNS(=O)(=O)c1cc(NC(=O)C2CCN(C(=O)c3ccncc3)CC2)ccc1C. The Balaban J connectivity index is 1.62. The normalized spacial score (nSPS) is 15.2. The summed E-state index contributed by atoms with van der Waals surface area (Å²) in [6.07, 6.45) is 4.27. The highest BCUT2D eigenvalue weighted by atomic mass is 32.2. The van der Waals surface area contributed by atoms with E-state index in [1.165, 1.54) is 13.1 Å². The predicted octanol–water partition coefficient (Wildman–Crippen LogP) is 1.79. The number of nitrogens with one attached hydrogen (secondary N) is 2. The van der Waals surface area contributed by atoms with Gasteiger partial charge in [0.25, 0.3) is 5.91 Å². The number of amides is 2. The highest BCUT2D eigenvalue weighted by molar-refractivity contribution is 7.89. The van der Waals surface area contributed by atoms with Crippen LogP contribution in [0.1, 0.15) is 28.8 Å². The Labute approximate surface area is 170 Å². The lowest BCUT2D eigenvalue weighted by Gasteiger charge is -2.31. The predicted molar refractivity (Wildman–Crippen MR) is 109 cm³/mol. The van der Waals surface area contributed by atoms with Gasteiger partial charge in [-0.15, -0.1) is 0 Å². The molecule has 0 aliphatic carbocycles. The molecule has 0 spiro atoms. The number of nitrogens with zero attached hydrogens (tertiary/aromatic N) is 2. The Morgan fingerprint density at radius 1 is 1.10 bits per heavy atom. The summed E-state index contributed by atoms with van der Waals surface area (Å²) in [5, 5.41) is 2.81. The molecule has 2 aromatic rings. The molecule has 0 bridgehead atoms. The fourth-order valence-electron chi connectivity index (χ4n) is 3.34. The third-order valence-corrected chi connectivity index (χ3v) is 6.65. The number of benzene rings is 1. The Hall–Kier alpha value is -2.78.